The normalized spacial score (nSPS) is 24.0. The predicted molar refractivity (Wildman–Crippen MR) is 92.0 cm³/mol. The highest BCUT2D eigenvalue weighted by Gasteiger charge is 2.30. The Morgan fingerprint density at radius 2 is 1.91 bits per heavy atom. The van der Waals surface area contributed by atoms with Crippen LogP contribution in [0.15, 0.2) is 18.2 Å². The number of benzene rings is 1. The minimum atomic E-state index is 0.0318. The van der Waals surface area contributed by atoms with E-state index in [0.717, 1.165) is 51.2 Å². The maximum atomic E-state index is 11.4. The van der Waals surface area contributed by atoms with E-state index in [2.05, 4.69) is 4.90 Å². The lowest BCUT2D eigenvalue weighted by Gasteiger charge is -2.42. The van der Waals surface area contributed by atoms with E-state index in [-0.39, 0.29) is 12.0 Å². The van der Waals surface area contributed by atoms with Gasteiger partial charge in [-0.2, -0.15) is 0 Å². The van der Waals surface area contributed by atoms with Crippen molar-refractivity contribution in [2.24, 2.45) is 0 Å². The van der Waals surface area contributed by atoms with Crippen molar-refractivity contribution in [3.05, 3.63) is 33.8 Å². The summed E-state index contributed by atoms with van der Waals surface area (Å²) in [5.41, 5.74) is 1.07. The molecule has 2 aliphatic heterocycles. The van der Waals surface area contributed by atoms with Crippen molar-refractivity contribution in [3.63, 3.8) is 0 Å². The summed E-state index contributed by atoms with van der Waals surface area (Å²) in [5.74, 6) is 0.180. The van der Waals surface area contributed by atoms with Gasteiger partial charge in [-0.3, -0.25) is 9.69 Å². The second kappa shape index (κ2) is 7.39. The van der Waals surface area contributed by atoms with Gasteiger partial charge < -0.3 is 9.64 Å². The number of halogens is 2. The molecule has 1 amide bonds. The largest absolute Gasteiger partial charge is 0.371 e. The summed E-state index contributed by atoms with van der Waals surface area (Å²) in [6.07, 6.45) is 2.10. The Morgan fingerprint density at radius 3 is 2.57 bits per heavy atom. The first-order valence-corrected chi connectivity index (χ1v) is 8.86. The molecular formula is C17H22Cl2N2O2. The Balaban J connectivity index is 1.62. The van der Waals surface area contributed by atoms with Crippen LogP contribution in [-0.4, -0.2) is 54.5 Å². The van der Waals surface area contributed by atoms with Crippen molar-refractivity contribution >= 4 is 29.1 Å². The maximum absolute atomic E-state index is 11.4. The number of morpholine rings is 1. The number of carbonyl (C=O) groups excluding carboxylic acids is 1. The van der Waals surface area contributed by atoms with Gasteiger partial charge in [0.25, 0.3) is 0 Å². The van der Waals surface area contributed by atoms with Gasteiger partial charge in [-0.25, -0.2) is 0 Å². The molecule has 0 radical (unpaired) electrons. The predicted octanol–water partition coefficient (Wildman–Crippen LogP) is 3.38. The first-order valence-electron chi connectivity index (χ1n) is 8.10. The zero-order valence-corrected chi connectivity index (χ0v) is 14.8. The summed E-state index contributed by atoms with van der Waals surface area (Å²) in [6.45, 7) is 5.89. The summed E-state index contributed by atoms with van der Waals surface area (Å²) >= 11 is 12.1. The molecule has 2 aliphatic rings. The van der Waals surface area contributed by atoms with Gasteiger partial charge >= 0.3 is 0 Å². The van der Waals surface area contributed by atoms with Gasteiger partial charge in [0.05, 0.1) is 22.8 Å². The molecule has 2 saturated heterocycles. The van der Waals surface area contributed by atoms with Gasteiger partial charge in [0.2, 0.25) is 5.91 Å². The van der Waals surface area contributed by atoms with Gasteiger partial charge in [-0.1, -0.05) is 29.3 Å². The molecule has 2 heterocycles. The molecular weight excluding hydrogens is 335 g/mol. The number of nitrogens with zero attached hydrogens (tertiary/aromatic N) is 2. The monoisotopic (exact) mass is 356 g/mol. The van der Waals surface area contributed by atoms with E-state index < -0.39 is 0 Å². The third-order valence-corrected chi connectivity index (χ3v) is 5.58. The van der Waals surface area contributed by atoms with E-state index in [0.29, 0.717) is 16.1 Å². The molecule has 3 rings (SSSR count). The van der Waals surface area contributed by atoms with Crippen LogP contribution >= 0.6 is 23.2 Å². The average molecular weight is 357 g/mol. The van der Waals surface area contributed by atoms with Crippen LogP contribution in [-0.2, 0) is 9.53 Å². The van der Waals surface area contributed by atoms with Gasteiger partial charge in [0, 0.05) is 39.1 Å². The Kier molecular flexibility index (Phi) is 5.47. The molecule has 1 atom stereocenters. The number of piperidine rings is 1. The van der Waals surface area contributed by atoms with Crippen molar-refractivity contribution in [1.29, 1.82) is 0 Å². The van der Waals surface area contributed by atoms with Crippen LogP contribution < -0.4 is 0 Å². The summed E-state index contributed by atoms with van der Waals surface area (Å²) in [7, 11) is 0. The molecule has 0 spiro atoms. The third kappa shape index (κ3) is 4.00. The second-order valence-electron chi connectivity index (χ2n) is 6.27. The number of hydrogen-bond donors (Lipinski definition) is 0. The van der Waals surface area contributed by atoms with E-state index in [1.165, 1.54) is 0 Å². The minimum absolute atomic E-state index is 0.0318. The summed E-state index contributed by atoms with van der Waals surface area (Å²) in [6, 6.07) is 6.24. The van der Waals surface area contributed by atoms with Crippen LogP contribution in [0, 0.1) is 0 Å². The van der Waals surface area contributed by atoms with Gasteiger partial charge in [-0.05, 0) is 30.5 Å². The average Bonchev–Trinajstić information content (AvgIpc) is 2.57. The van der Waals surface area contributed by atoms with Gasteiger partial charge in [0.1, 0.15) is 0 Å². The van der Waals surface area contributed by atoms with Gasteiger partial charge in [-0.15, -0.1) is 0 Å². The highest BCUT2D eigenvalue weighted by atomic mass is 35.5. The second-order valence-corrected chi connectivity index (χ2v) is 7.08. The highest BCUT2D eigenvalue weighted by molar-refractivity contribution is 6.42. The van der Waals surface area contributed by atoms with Crippen molar-refractivity contribution in [2.75, 3.05) is 32.8 Å². The molecule has 0 saturated carbocycles. The molecule has 1 aromatic rings. The van der Waals surface area contributed by atoms with E-state index >= 15 is 0 Å². The van der Waals surface area contributed by atoms with Crippen molar-refractivity contribution < 1.29 is 9.53 Å². The van der Waals surface area contributed by atoms with E-state index in [1.807, 2.05) is 23.1 Å². The van der Waals surface area contributed by atoms with Crippen LogP contribution in [0.5, 0.6) is 0 Å². The van der Waals surface area contributed by atoms with E-state index in [1.54, 1.807) is 6.92 Å². The van der Waals surface area contributed by atoms with Gasteiger partial charge in [0.15, 0.2) is 0 Å². The van der Waals surface area contributed by atoms with Crippen LogP contribution in [0.25, 0.3) is 0 Å². The molecule has 2 fully saturated rings. The quantitative estimate of drug-likeness (QED) is 0.814. The smallest absolute Gasteiger partial charge is 0.219 e. The zero-order valence-electron chi connectivity index (χ0n) is 13.3. The number of ether oxygens (including phenoxy) is 1. The van der Waals surface area contributed by atoms with E-state index in [9.17, 15) is 4.79 Å². The molecule has 0 N–H and O–H groups in total. The van der Waals surface area contributed by atoms with Crippen molar-refractivity contribution in [3.8, 4) is 0 Å². The lowest BCUT2D eigenvalue weighted by molar-refractivity contribution is -0.131. The Morgan fingerprint density at radius 1 is 1.17 bits per heavy atom. The Hall–Kier alpha value is -0.810. The number of amides is 1. The highest BCUT2D eigenvalue weighted by Crippen LogP contribution is 2.30. The number of rotatable bonds is 2. The topological polar surface area (TPSA) is 32.8 Å². The minimum Gasteiger partial charge on any atom is -0.371 e. The molecule has 4 nitrogen and oxygen atoms in total. The fraction of sp³-hybridized carbons (Fsp3) is 0.588. The van der Waals surface area contributed by atoms with Crippen molar-refractivity contribution in [2.45, 2.75) is 31.9 Å². The number of hydrogen-bond acceptors (Lipinski definition) is 3. The standard InChI is InChI=1S/C17H22Cl2N2O2/c1-12(22)20-6-4-14(5-7-20)21-8-9-23-17(11-21)13-2-3-15(18)16(19)10-13/h2-3,10,14,17H,4-9,11H2,1H3/t17-/m1/s1. The molecule has 0 aliphatic carbocycles. The van der Waals surface area contributed by atoms with Crippen LogP contribution in [0.3, 0.4) is 0 Å². The first-order chi connectivity index (χ1) is 11.0. The molecule has 126 valence electrons. The van der Waals surface area contributed by atoms with Crippen LogP contribution in [0.2, 0.25) is 10.0 Å². The molecule has 0 bridgehead atoms. The fourth-order valence-corrected chi connectivity index (χ4v) is 3.77. The zero-order chi connectivity index (χ0) is 16.4. The summed E-state index contributed by atoms with van der Waals surface area (Å²) in [5, 5.41) is 1.14. The summed E-state index contributed by atoms with van der Waals surface area (Å²) in [4.78, 5) is 15.9. The SMILES string of the molecule is CC(=O)N1CCC(N2CCO[C@@H](c3ccc(Cl)c(Cl)c3)C2)CC1. The number of carbonyl (C=O) groups is 1. The van der Waals surface area contributed by atoms with Crippen LogP contribution in [0.1, 0.15) is 31.4 Å². The first kappa shape index (κ1) is 17.0. The molecule has 1 aromatic carbocycles. The molecule has 0 unspecified atom stereocenters. The van der Waals surface area contributed by atoms with Crippen molar-refractivity contribution in [1.82, 2.24) is 9.80 Å². The fourth-order valence-electron chi connectivity index (χ4n) is 3.46. The lowest BCUT2D eigenvalue weighted by Crippen LogP contribution is -2.50. The number of likely N-dealkylation sites (tertiary alicyclic amines) is 1. The van der Waals surface area contributed by atoms with E-state index in [4.69, 9.17) is 27.9 Å². The summed E-state index contributed by atoms with van der Waals surface area (Å²) < 4.78 is 5.93. The molecule has 23 heavy (non-hydrogen) atoms. The Bertz CT molecular complexity index is 574. The lowest BCUT2D eigenvalue weighted by atomic mass is 10.0. The Labute approximate surface area is 147 Å². The molecule has 6 heteroatoms. The van der Waals surface area contributed by atoms with Crippen LogP contribution in [0.4, 0.5) is 0 Å². The maximum Gasteiger partial charge on any atom is 0.219 e. The molecule has 0 aromatic heterocycles. The third-order valence-electron chi connectivity index (χ3n) is 4.84.